The van der Waals surface area contributed by atoms with Crippen molar-refractivity contribution in [2.45, 2.75) is 33.7 Å². The first kappa shape index (κ1) is 23.6. The fourth-order valence-electron chi connectivity index (χ4n) is 2.85. The third-order valence-corrected chi connectivity index (χ3v) is 4.41. The van der Waals surface area contributed by atoms with E-state index >= 15 is 0 Å². The van der Waals surface area contributed by atoms with Crippen LogP contribution in [0, 0.1) is 12.8 Å². The Kier molecular flexibility index (Phi) is 8.31. The summed E-state index contributed by atoms with van der Waals surface area (Å²) in [6.45, 7) is 6.23. The number of carbonyl (C=O) groups excluding carboxylic acids is 4. The quantitative estimate of drug-likeness (QED) is 0.563. The van der Waals surface area contributed by atoms with Gasteiger partial charge in [-0.15, -0.1) is 0 Å². The molecule has 0 fully saturated rings. The van der Waals surface area contributed by atoms with Gasteiger partial charge in [-0.3, -0.25) is 14.4 Å². The van der Waals surface area contributed by atoms with Gasteiger partial charge in [0, 0.05) is 23.9 Å². The molecule has 8 heteroatoms. The number of amides is 3. The van der Waals surface area contributed by atoms with Gasteiger partial charge in [-0.1, -0.05) is 38.1 Å². The SMILES string of the molecule is CC(=O)Nc1cccc(NC(=O)COC(=O)[C@@H](NC(=O)c2ccccc2C)C(C)C)c1. The molecule has 2 rings (SSSR count). The Bertz CT molecular complexity index is 971. The van der Waals surface area contributed by atoms with Crippen molar-refractivity contribution < 1.29 is 23.9 Å². The second-order valence-electron chi connectivity index (χ2n) is 7.43. The Morgan fingerprint density at radius 2 is 1.58 bits per heavy atom. The highest BCUT2D eigenvalue weighted by atomic mass is 16.5. The molecule has 0 aliphatic heterocycles. The standard InChI is InChI=1S/C23H27N3O5/c1-14(2)21(26-22(29)19-11-6-5-8-15(19)3)23(30)31-13-20(28)25-18-10-7-9-17(12-18)24-16(4)27/h5-12,14,21H,13H2,1-4H3,(H,24,27)(H,25,28)(H,26,29)/t21-/m0/s1. The summed E-state index contributed by atoms with van der Waals surface area (Å²) in [5.41, 5.74) is 2.23. The highest BCUT2D eigenvalue weighted by Crippen LogP contribution is 2.15. The van der Waals surface area contributed by atoms with E-state index in [1.165, 1.54) is 6.92 Å². The van der Waals surface area contributed by atoms with Gasteiger partial charge in [0.15, 0.2) is 6.61 Å². The molecule has 164 valence electrons. The first-order chi connectivity index (χ1) is 14.7. The van der Waals surface area contributed by atoms with E-state index in [-0.39, 0.29) is 17.7 Å². The monoisotopic (exact) mass is 425 g/mol. The molecule has 0 aliphatic carbocycles. The fourth-order valence-corrected chi connectivity index (χ4v) is 2.85. The third-order valence-electron chi connectivity index (χ3n) is 4.41. The molecule has 1 atom stereocenters. The van der Waals surface area contributed by atoms with Crippen LogP contribution in [-0.2, 0) is 19.1 Å². The lowest BCUT2D eigenvalue weighted by molar-refractivity contribution is -0.150. The first-order valence-electron chi connectivity index (χ1n) is 9.88. The van der Waals surface area contributed by atoms with Crippen LogP contribution in [0.5, 0.6) is 0 Å². The van der Waals surface area contributed by atoms with Crippen LogP contribution in [0.1, 0.15) is 36.7 Å². The van der Waals surface area contributed by atoms with E-state index in [9.17, 15) is 19.2 Å². The predicted octanol–water partition coefficient (Wildman–Crippen LogP) is 2.89. The zero-order chi connectivity index (χ0) is 23.0. The maximum absolute atomic E-state index is 12.5. The number of aryl methyl sites for hydroxylation is 1. The number of nitrogens with one attached hydrogen (secondary N) is 3. The molecule has 0 saturated heterocycles. The molecule has 0 radical (unpaired) electrons. The van der Waals surface area contributed by atoms with Crippen molar-refractivity contribution in [2.75, 3.05) is 17.2 Å². The van der Waals surface area contributed by atoms with Crippen molar-refractivity contribution in [3.63, 3.8) is 0 Å². The maximum atomic E-state index is 12.5. The molecule has 8 nitrogen and oxygen atoms in total. The molecule has 0 unspecified atom stereocenters. The third kappa shape index (κ3) is 7.26. The van der Waals surface area contributed by atoms with E-state index in [2.05, 4.69) is 16.0 Å². The van der Waals surface area contributed by atoms with Gasteiger partial charge in [0.1, 0.15) is 6.04 Å². The lowest BCUT2D eigenvalue weighted by atomic mass is 10.0. The van der Waals surface area contributed by atoms with Gasteiger partial charge in [-0.2, -0.15) is 0 Å². The number of rotatable bonds is 8. The molecule has 0 spiro atoms. The maximum Gasteiger partial charge on any atom is 0.329 e. The number of carbonyl (C=O) groups is 4. The van der Waals surface area contributed by atoms with E-state index in [0.29, 0.717) is 16.9 Å². The van der Waals surface area contributed by atoms with E-state index in [4.69, 9.17) is 4.74 Å². The van der Waals surface area contributed by atoms with Gasteiger partial charge in [-0.25, -0.2) is 4.79 Å². The second-order valence-corrected chi connectivity index (χ2v) is 7.43. The van der Waals surface area contributed by atoms with Gasteiger partial charge in [0.05, 0.1) is 0 Å². The molecule has 0 heterocycles. The average molecular weight is 425 g/mol. The summed E-state index contributed by atoms with van der Waals surface area (Å²) >= 11 is 0. The zero-order valence-electron chi connectivity index (χ0n) is 18.0. The Morgan fingerprint density at radius 3 is 2.19 bits per heavy atom. The lowest BCUT2D eigenvalue weighted by Gasteiger charge is -2.21. The van der Waals surface area contributed by atoms with Crippen molar-refractivity contribution in [3.8, 4) is 0 Å². The average Bonchev–Trinajstić information content (AvgIpc) is 2.70. The summed E-state index contributed by atoms with van der Waals surface area (Å²) in [6.07, 6.45) is 0. The molecule has 3 N–H and O–H groups in total. The van der Waals surface area contributed by atoms with Crippen molar-refractivity contribution in [2.24, 2.45) is 5.92 Å². The zero-order valence-corrected chi connectivity index (χ0v) is 18.0. The number of esters is 1. The second kappa shape index (κ2) is 10.9. The van der Waals surface area contributed by atoms with Crippen LogP contribution >= 0.6 is 0 Å². The number of benzene rings is 2. The van der Waals surface area contributed by atoms with Crippen LogP contribution in [0.25, 0.3) is 0 Å². The van der Waals surface area contributed by atoms with E-state index < -0.39 is 24.5 Å². The number of hydrogen-bond donors (Lipinski definition) is 3. The van der Waals surface area contributed by atoms with Gasteiger partial charge in [0.2, 0.25) is 5.91 Å². The highest BCUT2D eigenvalue weighted by Gasteiger charge is 2.27. The molecule has 0 aromatic heterocycles. The summed E-state index contributed by atoms with van der Waals surface area (Å²) in [6, 6.07) is 12.7. The van der Waals surface area contributed by atoms with Crippen LogP contribution in [-0.4, -0.2) is 36.3 Å². The minimum atomic E-state index is -0.900. The van der Waals surface area contributed by atoms with Crippen molar-refractivity contribution >= 4 is 35.1 Å². The van der Waals surface area contributed by atoms with Gasteiger partial charge in [0.25, 0.3) is 11.8 Å². The molecule has 0 bridgehead atoms. The molecular weight excluding hydrogens is 398 g/mol. The van der Waals surface area contributed by atoms with E-state index in [1.807, 2.05) is 19.1 Å². The Balaban J connectivity index is 1.94. The van der Waals surface area contributed by atoms with Crippen LogP contribution in [0.4, 0.5) is 11.4 Å². The Hall–Kier alpha value is -3.68. The summed E-state index contributed by atoms with van der Waals surface area (Å²) in [4.78, 5) is 48.4. The Labute approximate surface area is 181 Å². The number of ether oxygens (including phenoxy) is 1. The van der Waals surface area contributed by atoms with Crippen molar-refractivity contribution in [1.29, 1.82) is 0 Å². The van der Waals surface area contributed by atoms with Crippen LogP contribution in [0.15, 0.2) is 48.5 Å². The highest BCUT2D eigenvalue weighted by molar-refractivity contribution is 5.98. The van der Waals surface area contributed by atoms with Crippen molar-refractivity contribution in [1.82, 2.24) is 5.32 Å². The minimum Gasteiger partial charge on any atom is -0.454 e. The summed E-state index contributed by atoms with van der Waals surface area (Å²) < 4.78 is 5.13. The summed E-state index contributed by atoms with van der Waals surface area (Å²) in [5.74, 6) is -2.09. The molecule has 31 heavy (non-hydrogen) atoms. The molecule has 0 saturated carbocycles. The Morgan fingerprint density at radius 1 is 0.935 bits per heavy atom. The largest absolute Gasteiger partial charge is 0.454 e. The van der Waals surface area contributed by atoms with Crippen LogP contribution in [0.3, 0.4) is 0 Å². The summed E-state index contributed by atoms with van der Waals surface area (Å²) in [5, 5.41) is 7.90. The predicted molar refractivity (Wildman–Crippen MR) is 118 cm³/mol. The fraction of sp³-hybridized carbons (Fsp3) is 0.304. The lowest BCUT2D eigenvalue weighted by Crippen LogP contribution is -2.46. The molecular formula is C23H27N3O5. The smallest absolute Gasteiger partial charge is 0.329 e. The van der Waals surface area contributed by atoms with Gasteiger partial charge in [-0.05, 0) is 42.7 Å². The van der Waals surface area contributed by atoms with Gasteiger partial charge < -0.3 is 20.7 Å². The normalized spacial score (nSPS) is 11.4. The minimum absolute atomic E-state index is 0.232. The molecule has 0 aliphatic rings. The van der Waals surface area contributed by atoms with Crippen LogP contribution in [0.2, 0.25) is 0 Å². The molecule has 3 amide bonds. The number of anilines is 2. The van der Waals surface area contributed by atoms with Crippen LogP contribution < -0.4 is 16.0 Å². The van der Waals surface area contributed by atoms with E-state index in [0.717, 1.165) is 5.56 Å². The molecule has 2 aromatic rings. The van der Waals surface area contributed by atoms with Gasteiger partial charge >= 0.3 is 5.97 Å². The molecule has 2 aromatic carbocycles. The number of hydrogen-bond acceptors (Lipinski definition) is 5. The van der Waals surface area contributed by atoms with E-state index in [1.54, 1.807) is 50.2 Å². The van der Waals surface area contributed by atoms with Crippen molar-refractivity contribution in [3.05, 3.63) is 59.7 Å². The topological polar surface area (TPSA) is 114 Å². The summed E-state index contributed by atoms with van der Waals surface area (Å²) in [7, 11) is 0. The first-order valence-corrected chi connectivity index (χ1v) is 9.88.